The lowest BCUT2D eigenvalue weighted by molar-refractivity contribution is -0.0356. The van der Waals surface area contributed by atoms with E-state index in [1.54, 1.807) is 4.98 Å². The van der Waals surface area contributed by atoms with Crippen LogP contribution >= 0.6 is 0 Å². The molecule has 17 heavy (non-hydrogen) atoms. The first-order valence-corrected chi connectivity index (χ1v) is 4.94. The Hall–Kier alpha value is -1.51. The number of aliphatic hydroxyl groups excluding tert-OH is 2. The van der Waals surface area contributed by atoms with Crippen molar-refractivity contribution in [2.75, 3.05) is 0 Å². The highest BCUT2D eigenvalue weighted by atomic mass is 19.1. The molecule has 1 aromatic heterocycles. The summed E-state index contributed by atoms with van der Waals surface area (Å²) >= 11 is 0. The quantitative estimate of drug-likeness (QED) is 0.548. The van der Waals surface area contributed by atoms with Gasteiger partial charge in [0.05, 0.1) is 12.3 Å². The SMILES string of the molecule is C[C@H]1O[C@H](n2cc(F)c(=O)[nH]c2=O)[C@@H](O)[C@H]1O. The minimum absolute atomic E-state index is 0.639. The molecule has 7 nitrogen and oxygen atoms in total. The maximum atomic E-state index is 13.0. The number of aliphatic hydroxyl groups is 2. The summed E-state index contributed by atoms with van der Waals surface area (Å²) in [6.45, 7) is 1.50. The molecular formula is C9H11FN2O5. The molecule has 3 N–H and O–H groups in total. The van der Waals surface area contributed by atoms with Gasteiger partial charge in [-0.2, -0.15) is 4.39 Å². The topological polar surface area (TPSA) is 105 Å². The van der Waals surface area contributed by atoms with E-state index in [2.05, 4.69) is 0 Å². The van der Waals surface area contributed by atoms with Gasteiger partial charge in [-0.05, 0) is 6.92 Å². The molecule has 0 aliphatic carbocycles. The molecule has 1 aliphatic heterocycles. The van der Waals surface area contributed by atoms with Crippen LogP contribution in [0.5, 0.6) is 0 Å². The normalized spacial score (nSPS) is 32.9. The molecule has 1 saturated heterocycles. The van der Waals surface area contributed by atoms with Crippen molar-refractivity contribution in [1.29, 1.82) is 0 Å². The Morgan fingerprint density at radius 3 is 2.59 bits per heavy atom. The second kappa shape index (κ2) is 4.06. The maximum absolute atomic E-state index is 13.0. The van der Waals surface area contributed by atoms with Crippen LogP contribution < -0.4 is 11.2 Å². The molecular weight excluding hydrogens is 235 g/mol. The molecule has 4 atom stereocenters. The van der Waals surface area contributed by atoms with Crippen molar-refractivity contribution >= 4 is 0 Å². The fourth-order valence-electron chi connectivity index (χ4n) is 1.71. The van der Waals surface area contributed by atoms with Gasteiger partial charge in [-0.15, -0.1) is 0 Å². The number of halogens is 1. The Morgan fingerprint density at radius 2 is 2.06 bits per heavy atom. The first kappa shape index (κ1) is 12.0. The number of ether oxygens (including phenoxy) is 1. The first-order chi connectivity index (χ1) is 7.91. The summed E-state index contributed by atoms with van der Waals surface area (Å²) < 4.78 is 18.9. The fraction of sp³-hybridized carbons (Fsp3) is 0.556. The minimum Gasteiger partial charge on any atom is -0.388 e. The molecule has 2 rings (SSSR count). The van der Waals surface area contributed by atoms with Crippen molar-refractivity contribution in [2.24, 2.45) is 0 Å². The van der Waals surface area contributed by atoms with Crippen LogP contribution in [0, 0.1) is 5.82 Å². The molecule has 0 aromatic carbocycles. The molecule has 0 amide bonds. The molecule has 1 aliphatic rings. The van der Waals surface area contributed by atoms with E-state index in [0.29, 0.717) is 10.8 Å². The number of rotatable bonds is 1. The van der Waals surface area contributed by atoms with E-state index >= 15 is 0 Å². The van der Waals surface area contributed by atoms with Gasteiger partial charge in [0.1, 0.15) is 12.2 Å². The van der Waals surface area contributed by atoms with Gasteiger partial charge in [-0.3, -0.25) is 14.3 Å². The number of hydrogen-bond acceptors (Lipinski definition) is 5. The third kappa shape index (κ3) is 1.90. The summed E-state index contributed by atoms with van der Waals surface area (Å²) in [6, 6.07) is 0. The molecule has 0 radical (unpaired) electrons. The predicted octanol–water partition coefficient (Wildman–Crippen LogP) is -1.69. The third-order valence-corrected chi connectivity index (χ3v) is 2.68. The Morgan fingerprint density at radius 1 is 1.41 bits per heavy atom. The summed E-state index contributed by atoms with van der Waals surface area (Å²) in [5.74, 6) is -1.17. The minimum atomic E-state index is -1.37. The molecule has 8 heteroatoms. The van der Waals surface area contributed by atoms with Gasteiger partial charge in [-0.1, -0.05) is 0 Å². The maximum Gasteiger partial charge on any atom is 0.330 e. The number of aromatic amines is 1. The Kier molecular flexibility index (Phi) is 2.86. The summed E-state index contributed by atoms with van der Waals surface area (Å²) in [4.78, 5) is 24.0. The van der Waals surface area contributed by atoms with Gasteiger partial charge in [0.15, 0.2) is 6.23 Å². The van der Waals surface area contributed by atoms with Crippen LogP contribution in [0.1, 0.15) is 13.2 Å². The molecule has 94 valence electrons. The highest BCUT2D eigenvalue weighted by Gasteiger charge is 2.41. The average molecular weight is 246 g/mol. The zero-order valence-corrected chi connectivity index (χ0v) is 8.83. The van der Waals surface area contributed by atoms with Gasteiger partial charge < -0.3 is 14.9 Å². The van der Waals surface area contributed by atoms with Crippen molar-refractivity contribution in [1.82, 2.24) is 9.55 Å². The van der Waals surface area contributed by atoms with E-state index in [0.717, 1.165) is 0 Å². The Bertz CT molecular complexity index is 539. The highest BCUT2D eigenvalue weighted by molar-refractivity contribution is 4.93. The van der Waals surface area contributed by atoms with Crippen LogP contribution in [0.4, 0.5) is 4.39 Å². The molecule has 0 bridgehead atoms. The van der Waals surface area contributed by atoms with Crippen LogP contribution in [-0.2, 0) is 4.74 Å². The standard InChI is InChI=1S/C9H11FN2O5/c1-3-5(13)6(14)8(17-3)12-2-4(10)7(15)11-9(12)16/h2-3,5-6,8,13-14H,1H3,(H,11,15,16)/t3-,5+,6+,8+/m1/s1. The lowest BCUT2D eigenvalue weighted by Crippen LogP contribution is -2.38. The van der Waals surface area contributed by atoms with E-state index in [1.165, 1.54) is 6.92 Å². The molecule has 1 fully saturated rings. The van der Waals surface area contributed by atoms with Gasteiger partial charge in [-0.25, -0.2) is 4.79 Å². The van der Waals surface area contributed by atoms with E-state index < -0.39 is 41.6 Å². The number of H-pyrrole nitrogens is 1. The lowest BCUT2D eigenvalue weighted by Gasteiger charge is -2.16. The van der Waals surface area contributed by atoms with Crippen molar-refractivity contribution in [2.45, 2.75) is 31.5 Å². The molecule has 0 saturated carbocycles. The number of nitrogens with zero attached hydrogens (tertiary/aromatic N) is 1. The number of nitrogens with one attached hydrogen (secondary N) is 1. The molecule has 2 heterocycles. The smallest absolute Gasteiger partial charge is 0.330 e. The van der Waals surface area contributed by atoms with Crippen molar-refractivity contribution < 1.29 is 19.3 Å². The van der Waals surface area contributed by atoms with Crippen molar-refractivity contribution in [3.8, 4) is 0 Å². The summed E-state index contributed by atoms with van der Waals surface area (Å²) in [6.07, 6.45) is -3.83. The van der Waals surface area contributed by atoms with Crippen molar-refractivity contribution in [3.63, 3.8) is 0 Å². The van der Waals surface area contributed by atoms with Crippen LogP contribution in [0.3, 0.4) is 0 Å². The number of aromatic nitrogens is 2. The van der Waals surface area contributed by atoms with Crippen LogP contribution in [-0.4, -0.2) is 38.1 Å². The highest BCUT2D eigenvalue weighted by Crippen LogP contribution is 2.27. The van der Waals surface area contributed by atoms with Crippen LogP contribution in [0.25, 0.3) is 0 Å². The lowest BCUT2D eigenvalue weighted by atomic mass is 10.1. The molecule has 0 unspecified atom stereocenters. The predicted molar refractivity (Wildman–Crippen MR) is 52.9 cm³/mol. The first-order valence-electron chi connectivity index (χ1n) is 4.94. The van der Waals surface area contributed by atoms with Gasteiger partial charge in [0, 0.05) is 0 Å². The number of hydrogen-bond donors (Lipinski definition) is 3. The van der Waals surface area contributed by atoms with E-state index in [1.807, 2.05) is 0 Å². The Labute approximate surface area is 94.1 Å². The second-order valence-corrected chi connectivity index (χ2v) is 3.86. The van der Waals surface area contributed by atoms with E-state index in [4.69, 9.17) is 4.74 Å². The molecule has 0 spiro atoms. The zero-order valence-electron chi connectivity index (χ0n) is 8.83. The van der Waals surface area contributed by atoms with E-state index in [-0.39, 0.29) is 0 Å². The Balaban J connectivity index is 2.46. The van der Waals surface area contributed by atoms with Gasteiger partial charge in [0.2, 0.25) is 5.82 Å². The monoisotopic (exact) mass is 246 g/mol. The second-order valence-electron chi connectivity index (χ2n) is 3.86. The van der Waals surface area contributed by atoms with Crippen LogP contribution in [0.15, 0.2) is 15.8 Å². The summed E-state index contributed by atoms with van der Waals surface area (Å²) in [5.41, 5.74) is -2.06. The largest absolute Gasteiger partial charge is 0.388 e. The van der Waals surface area contributed by atoms with Gasteiger partial charge in [0.25, 0.3) is 5.56 Å². The summed E-state index contributed by atoms with van der Waals surface area (Å²) in [7, 11) is 0. The zero-order chi connectivity index (χ0) is 12.7. The summed E-state index contributed by atoms with van der Waals surface area (Å²) in [5, 5.41) is 19.1. The average Bonchev–Trinajstić information content (AvgIpc) is 2.51. The van der Waals surface area contributed by atoms with Crippen LogP contribution in [0.2, 0.25) is 0 Å². The van der Waals surface area contributed by atoms with E-state index in [9.17, 15) is 24.2 Å². The third-order valence-electron chi connectivity index (χ3n) is 2.68. The fourth-order valence-corrected chi connectivity index (χ4v) is 1.71. The van der Waals surface area contributed by atoms with Crippen molar-refractivity contribution in [3.05, 3.63) is 32.9 Å². The molecule has 1 aromatic rings. The van der Waals surface area contributed by atoms with Gasteiger partial charge >= 0.3 is 5.69 Å².